The van der Waals surface area contributed by atoms with Crippen LogP contribution in [0.5, 0.6) is 5.75 Å². The molecule has 0 saturated carbocycles. The van der Waals surface area contributed by atoms with Gasteiger partial charge in [-0.2, -0.15) is 0 Å². The van der Waals surface area contributed by atoms with E-state index in [2.05, 4.69) is 0 Å². The van der Waals surface area contributed by atoms with E-state index in [1.165, 1.54) is 0 Å². The summed E-state index contributed by atoms with van der Waals surface area (Å²) in [7, 11) is 3.28. The summed E-state index contributed by atoms with van der Waals surface area (Å²) in [6.45, 7) is 2.77. The SMILES string of the molecule is COCC(C)OCC(O)CSc1ccccc1OC. The van der Waals surface area contributed by atoms with Gasteiger partial charge in [0.2, 0.25) is 0 Å². The quantitative estimate of drug-likeness (QED) is 0.705. The van der Waals surface area contributed by atoms with Crippen molar-refractivity contribution in [2.75, 3.05) is 33.2 Å². The number of ether oxygens (including phenoxy) is 3. The van der Waals surface area contributed by atoms with E-state index in [0.29, 0.717) is 19.0 Å². The van der Waals surface area contributed by atoms with Gasteiger partial charge in [0.15, 0.2) is 0 Å². The minimum atomic E-state index is -0.505. The Kier molecular flexibility index (Phi) is 7.90. The van der Waals surface area contributed by atoms with E-state index in [1.807, 2.05) is 31.2 Å². The maximum absolute atomic E-state index is 9.86. The smallest absolute Gasteiger partial charge is 0.132 e. The topological polar surface area (TPSA) is 47.9 Å². The predicted molar refractivity (Wildman–Crippen MR) is 77.0 cm³/mol. The lowest BCUT2D eigenvalue weighted by Gasteiger charge is -2.16. The van der Waals surface area contributed by atoms with Crippen LogP contribution < -0.4 is 4.74 Å². The first-order valence-electron chi connectivity index (χ1n) is 6.21. The molecule has 0 spiro atoms. The molecule has 1 N–H and O–H groups in total. The number of hydrogen-bond donors (Lipinski definition) is 1. The van der Waals surface area contributed by atoms with Gasteiger partial charge in [-0.3, -0.25) is 0 Å². The second-order valence-electron chi connectivity index (χ2n) is 4.21. The molecule has 0 fully saturated rings. The Hall–Kier alpha value is -0.750. The zero-order valence-corrected chi connectivity index (χ0v) is 12.5. The highest BCUT2D eigenvalue weighted by Gasteiger charge is 2.10. The van der Waals surface area contributed by atoms with E-state index >= 15 is 0 Å². The molecule has 0 saturated heterocycles. The Morgan fingerprint density at radius 2 is 1.95 bits per heavy atom. The lowest BCUT2D eigenvalue weighted by molar-refractivity contribution is -0.0257. The minimum absolute atomic E-state index is 0.00379. The maximum atomic E-state index is 9.86. The van der Waals surface area contributed by atoms with Crippen LogP contribution in [0, 0.1) is 0 Å². The number of para-hydroxylation sites is 1. The Morgan fingerprint density at radius 3 is 2.63 bits per heavy atom. The summed E-state index contributed by atoms with van der Waals surface area (Å²) in [4.78, 5) is 1.02. The summed E-state index contributed by atoms with van der Waals surface area (Å²) >= 11 is 1.56. The van der Waals surface area contributed by atoms with E-state index in [9.17, 15) is 5.11 Å². The molecule has 0 aliphatic carbocycles. The van der Waals surface area contributed by atoms with Crippen LogP contribution in [0.2, 0.25) is 0 Å². The third-order valence-corrected chi connectivity index (χ3v) is 3.67. The first-order valence-corrected chi connectivity index (χ1v) is 7.20. The summed E-state index contributed by atoms with van der Waals surface area (Å²) in [5.74, 6) is 1.40. The second-order valence-corrected chi connectivity index (χ2v) is 5.28. The average molecular weight is 286 g/mol. The van der Waals surface area contributed by atoms with Crippen LogP contribution in [0.1, 0.15) is 6.92 Å². The van der Waals surface area contributed by atoms with Crippen LogP contribution in [0.15, 0.2) is 29.2 Å². The summed E-state index contributed by atoms with van der Waals surface area (Å²) < 4.78 is 15.7. The van der Waals surface area contributed by atoms with Crippen molar-refractivity contribution in [1.29, 1.82) is 0 Å². The van der Waals surface area contributed by atoms with Crippen LogP contribution in [0.3, 0.4) is 0 Å². The molecule has 0 aromatic heterocycles. The third-order valence-electron chi connectivity index (χ3n) is 2.47. The van der Waals surface area contributed by atoms with E-state index in [4.69, 9.17) is 14.2 Å². The zero-order chi connectivity index (χ0) is 14.1. The van der Waals surface area contributed by atoms with E-state index in [0.717, 1.165) is 10.6 Å². The molecule has 0 heterocycles. The fourth-order valence-corrected chi connectivity index (χ4v) is 2.47. The van der Waals surface area contributed by atoms with Gasteiger partial charge >= 0.3 is 0 Å². The summed E-state index contributed by atoms with van der Waals surface area (Å²) in [6.07, 6.45) is -0.509. The van der Waals surface area contributed by atoms with Crippen molar-refractivity contribution in [1.82, 2.24) is 0 Å². The standard InChI is InChI=1S/C14H22O4S/c1-11(8-16-2)18-9-12(15)10-19-14-7-5-4-6-13(14)17-3/h4-7,11-12,15H,8-10H2,1-3H3. The molecule has 2 unspecified atom stereocenters. The number of aliphatic hydroxyl groups excluding tert-OH is 1. The second kappa shape index (κ2) is 9.20. The molecular formula is C14H22O4S. The Balaban J connectivity index is 2.31. The lowest BCUT2D eigenvalue weighted by Crippen LogP contribution is -2.24. The molecule has 1 aromatic rings. The van der Waals surface area contributed by atoms with Gasteiger partial charge in [0.25, 0.3) is 0 Å². The Morgan fingerprint density at radius 1 is 1.21 bits per heavy atom. The normalized spacial score (nSPS) is 14.1. The molecule has 0 aliphatic heterocycles. The molecule has 0 aliphatic rings. The first-order chi connectivity index (χ1) is 9.17. The molecule has 0 radical (unpaired) electrons. The third kappa shape index (κ3) is 6.29. The Bertz CT molecular complexity index is 359. The van der Waals surface area contributed by atoms with Gasteiger partial charge in [0.05, 0.1) is 32.5 Å². The van der Waals surface area contributed by atoms with Crippen LogP contribution in [-0.2, 0) is 9.47 Å². The molecule has 108 valence electrons. The van der Waals surface area contributed by atoms with Gasteiger partial charge in [0, 0.05) is 17.8 Å². The van der Waals surface area contributed by atoms with Crippen molar-refractivity contribution >= 4 is 11.8 Å². The molecular weight excluding hydrogens is 264 g/mol. The summed E-state index contributed by atoms with van der Waals surface area (Å²) in [6, 6.07) is 7.76. The number of rotatable bonds is 9. The van der Waals surface area contributed by atoms with Crippen LogP contribution in [0.25, 0.3) is 0 Å². The van der Waals surface area contributed by atoms with Crippen molar-refractivity contribution in [2.24, 2.45) is 0 Å². The predicted octanol–water partition coefficient (Wildman–Crippen LogP) is 2.20. The monoisotopic (exact) mass is 286 g/mol. The molecule has 2 atom stereocenters. The van der Waals surface area contributed by atoms with Crippen molar-refractivity contribution < 1.29 is 19.3 Å². The molecule has 4 nitrogen and oxygen atoms in total. The average Bonchev–Trinajstić information content (AvgIpc) is 2.43. The van der Waals surface area contributed by atoms with E-state index in [-0.39, 0.29) is 6.10 Å². The summed E-state index contributed by atoms with van der Waals surface area (Å²) in [5, 5.41) is 9.86. The van der Waals surface area contributed by atoms with Crippen molar-refractivity contribution in [3.63, 3.8) is 0 Å². The molecule has 1 rings (SSSR count). The van der Waals surface area contributed by atoms with Crippen molar-refractivity contribution in [2.45, 2.75) is 24.0 Å². The number of methoxy groups -OCH3 is 2. The van der Waals surface area contributed by atoms with Crippen molar-refractivity contribution in [3.8, 4) is 5.75 Å². The van der Waals surface area contributed by atoms with Crippen LogP contribution in [0.4, 0.5) is 0 Å². The lowest BCUT2D eigenvalue weighted by atomic mass is 10.3. The highest BCUT2D eigenvalue weighted by molar-refractivity contribution is 7.99. The Labute approximate surface area is 119 Å². The highest BCUT2D eigenvalue weighted by atomic mass is 32.2. The zero-order valence-electron chi connectivity index (χ0n) is 11.7. The first kappa shape index (κ1) is 16.3. The fourth-order valence-electron chi connectivity index (χ4n) is 1.53. The number of benzene rings is 1. The van der Waals surface area contributed by atoms with Crippen molar-refractivity contribution in [3.05, 3.63) is 24.3 Å². The van der Waals surface area contributed by atoms with Gasteiger partial charge in [-0.25, -0.2) is 0 Å². The fraction of sp³-hybridized carbons (Fsp3) is 0.571. The van der Waals surface area contributed by atoms with Crippen LogP contribution >= 0.6 is 11.8 Å². The van der Waals surface area contributed by atoms with Gasteiger partial charge in [0.1, 0.15) is 5.75 Å². The van der Waals surface area contributed by atoms with Gasteiger partial charge in [-0.15, -0.1) is 11.8 Å². The summed E-state index contributed by atoms with van der Waals surface area (Å²) in [5.41, 5.74) is 0. The molecule has 1 aromatic carbocycles. The molecule has 5 heteroatoms. The molecule has 19 heavy (non-hydrogen) atoms. The number of thioether (sulfide) groups is 1. The largest absolute Gasteiger partial charge is 0.496 e. The molecule has 0 amide bonds. The number of aliphatic hydroxyl groups is 1. The van der Waals surface area contributed by atoms with Gasteiger partial charge in [-0.1, -0.05) is 12.1 Å². The minimum Gasteiger partial charge on any atom is -0.496 e. The van der Waals surface area contributed by atoms with E-state index < -0.39 is 6.10 Å². The maximum Gasteiger partial charge on any atom is 0.132 e. The highest BCUT2D eigenvalue weighted by Crippen LogP contribution is 2.29. The van der Waals surface area contributed by atoms with Crippen LogP contribution in [-0.4, -0.2) is 50.5 Å². The van der Waals surface area contributed by atoms with E-state index in [1.54, 1.807) is 26.0 Å². The van der Waals surface area contributed by atoms with Gasteiger partial charge in [-0.05, 0) is 19.1 Å². The molecule has 0 bridgehead atoms. The number of hydrogen-bond acceptors (Lipinski definition) is 5. The van der Waals surface area contributed by atoms with Gasteiger partial charge < -0.3 is 19.3 Å².